The van der Waals surface area contributed by atoms with Crippen LogP contribution in [0.5, 0.6) is 0 Å². The number of hydrogen-bond donors (Lipinski definition) is 0. The third-order valence-corrected chi connectivity index (χ3v) is 4.98. The van der Waals surface area contributed by atoms with E-state index < -0.39 is 0 Å². The summed E-state index contributed by atoms with van der Waals surface area (Å²) in [5, 5.41) is 2.19. The molecule has 0 radical (unpaired) electrons. The lowest BCUT2D eigenvalue weighted by Crippen LogP contribution is -2.17. The van der Waals surface area contributed by atoms with Crippen LogP contribution in [0.2, 0.25) is 0 Å². The monoisotopic (exact) mass is 259 g/mol. The Morgan fingerprint density at radius 1 is 1.44 bits per heavy atom. The SMILES string of the molecule is Cc1cc(C=O)c(C)n1C1CCCc2sccc21. The van der Waals surface area contributed by atoms with E-state index in [2.05, 4.69) is 29.9 Å². The molecule has 0 bridgehead atoms. The van der Waals surface area contributed by atoms with E-state index in [-0.39, 0.29) is 0 Å². The predicted octanol–water partition coefficient (Wildman–Crippen LogP) is 3.90. The first-order chi connectivity index (χ1) is 8.72. The van der Waals surface area contributed by atoms with Crippen molar-refractivity contribution in [1.82, 2.24) is 4.57 Å². The molecule has 0 saturated carbocycles. The van der Waals surface area contributed by atoms with Crippen molar-refractivity contribution in [2.45, 2.75) is 39.2 Å². The van der Waals surface area contributed by atoms with E-state index >= 15 is 0 Å². The van der Waals surface area contributed by atoms with Crippen molar-refractivity contribution in [1.29, 1.82) is 0 Å². The summed E-state index contributed by atoms with van der Waals surface area (Å²) in [6.07, 6.45) is 4.60. The molecule has 94 valence electrons. The van der Waals surface area contributed by atoms with Crippen molar-refractivity contribution in [3.05, 3.63) is 44.9 Å². The summed E-state index contributed by atoms with van der Waals surface area (Å²) in [6, 6.07) is 4.68. The molecule has 0 aromatic carbocycles. The van der Waals surface area contributed by atoms with Crippen molar-refractivity contribution < 1.29 is 4.79 Å². The fraction of sp³-hybridized carbons (Fsp3) is 0.400. The maximum Gasteiger partial charge on any atom is 0.151 e. The van der Waals surface area contributed by atoms with Crippen LogP contribution in [-0.2, 0) is 6.42 Å². The fourth-order valence-electron chi connectivity index (χ4n) is 3.13. The molecular formula is C15H17NOS. The average Bonchev–Trinajstić information content (AvgIpc) is 2.94. The molecule has 0 saturated heterocycles. The van der Waals surface area contributed by atoms with Gasteiger partial charge in [0.25, 0.3) is 0 Å². The van der Waals surface area contributed by atoms with Gasteiger partial charge in [-0.25, -0.2) is 0 Å². The topological polar surface area (TPSA) is 22.0 Å². The van der Waals surface area contributed by atoms with Gasteiger partial charge in [-0.1, -0.05) is 0 Å². The molecule has 0 aliphatic heterocycles. The molecule has 2 aromatic rings. The summed E-state index contributed by atoms with van der Waals surface area (Å²) in [5.41, 5.74) is 4.59. The van der Waals surface area contributed by atoms with Gasteiger partial charge in [0.1, 0.15) is 0 Å². The van der Waals surface area contributed by atoms with Gasteiger partial charge in [0.2, 0.25) is 0 Å². The Morgan fingerprint density at radius 3 is 3.00 bits per heavy atom. The molecule has 18 heavy (non-hydrogen) atoms. The maximum atomic E-state index is 11.1. The van der Waals surface area contributed by atoms with Crippen LogP contribution in [-0.4, -0.2) is 10.9 Å². The molecule has 2 heterocycles. The van der Waals surface area contributed by atoms with Gasteiger partial charge in [-0.3, -0.25) is 4.79 Å². The Hall–Kier alpha value is -1.35. The van der Waals surface area contributed by atoms with Crippen LogP contribution in [0.15, 0.2) is 17.5 Å². The second-order valence-corrected chi connectivity index (χ2v) is 6.02. The van der Waals surface area contributed by atoms with Gasteiger partial charge in [0.15, 0.2) is 6.29 Å². The van der Waals surface area contributed by atoms with Gasteiger partial charge in [-0.2, -0.15) is 0 Å². The molecule has 1 aliphatic carbocycles. The standard InChI is InChI=1S/C15H17NOS/c1-10-8-12(9-17)11(2)16(10)14-4-3-5-15-13(14)6-7-18-15/h6-9,14H,3-5H2,1-2H3. The molecule has 1 aliphatic rings. The molecule has 1 atom stereocenters. The lowest BCUT2D eigenvalue weighted by atomic mass is 9.93. The number of nitrogens with zero attached hydrogens (tertiary/aromatic N) is 1. The van der Waals surface area contributed by atoms with Gasteiger partial charge < -0.3 is 4.57 Å². The van der Waals surface area contributed by atoms with Crippen LogP contribution in [0.25, 0.3) is 0 Å². The predicted molar refractivity (Wildman–Crippen MR) is 74.7 cm³/mol. The number of aryl methyl sites for hydroxylation is 2. The van der Waals surface area contributed by atoms with Gasteiger partial charge >= 0.3 is 0 Å². The van der Waals surface area contributed by atoms with E-state index in [1.54, 1.807) is 0 Å². The first kappa shape index (κ1) is 11.7. The van der Waals surface area contributed by atoms with Crippen LogP contribution in [0.4, 0.5) is 0 Å². The van der Waals surface area contributed by atoms with Gasteiger partial charge in [-0.15, -0.1) is 11.3 Å². The minimum absolute atomic E-state index is 0.425. The molecule has 1 unspecified atom stereocenters. The summed E-state index contributed by atoms with van der Waals surface area (Å²) in [6.45, 7) is 4.15. The zero-order valence-electron chi connectivity index (χ0n) is 10.8. The molecule has 3 heteroatoms. The quantitative estimate of drug-likeness (QED) is 0.750. The number of carbonyl (C=O) groups excluding carboxylic acids is 1. The highest BCUT2D eigenvalue weighted by Crippen LogP contribution is 2.38. The molecule has 2 nitrogen and oxygen atoms in total. The van der Waals surface area contributed by atoms with Crippen LogP contribution in [0.1, 0.15) is 51.1 Å². The van der Waals surface area contributed by atoms with E-state index in [4.69, 9.17) is 0 Å². The third-order valence-electron chi connectivity index (χ3n) is 3.98. The molecule has 0 N–H and O–H groups in total. The molecule has 0 spiro atoms. The highest BCUT2D eigenvalue weighted by atomic mass is 32.1. The van der Waals surface area contributed by atoms with Crippen LogP contribution in [0.3, 0.4) is 0 Å². The van der Waals surface area contributed by atoms with Gasteiger partial charge in [0.05, 0.1) is 6.04 Å². The van der Waals surface area contributed by atoms with Crippen molar-refractivity contribution in [3.63, 3.8) is 0 Å². The lowest BCUT2D eigenvalue weighted by Gasteiger charge is -2.27. The van der Waals surface area contributed by atoms with E-state index in [9.17, 15) is 4.79 Å². The minimum atomic E-state index is 0.425. The summed E-state index contributed by atoms with van der Waals surface area (Å²) in [7, 11) is 0. The van der Waals surface area contributed by atoms with Gasteiger partial charge in [-0.05, 0) is 56.2 Å². The van der Waals surface area contributed by atoms with Crippen molar-refractivity contribution >= 4 is 17.6 Å². The van der Waals surface area contributed by atoms with E-state index in [1.807, 2.05) is 17.4 Å². The zero-order chi connectivity index (χ0) is 12.7. The number of hydrogen-bond acceptors (Lipinski definition) is 2. The van der Waals surface area contributed by atoms with Crippen LogP contribution >= 0.6 is 11.3 Å². The molecule has 2 aromatic heterocycles. The van der Waals surface area contributed by atoms with Crippen LogP contribution < -0.4 is 0 Å². The van der Waals surface area contributed by atoms with Crippen molar-refractivity contribution in [2.75, 3.05) is 0 Å². The Labute approximate surface area is 111 Å². The Balaban J connectivity index is 2.13. The maximum absolute atomic E-state index is 11.1. The largest absolute Gasteiger partial charge is 0.341 e. The molecular weight excluding hydrogens is 242 g/mol. The molecule has 0 fully saturated rings. The van der Waals surface area contributed by atoms with Crippen molar-refractivity contribution in [3.8, 4) is 0 Å². The first-order valence-electron chi connectivity index (χ1n) is 6.42. The van der Waals surface area contributed by atoms with E-state index in [0.29, 0.717) is 6.04 Å². The lowest BCUT2D eigenvalue weighted by molar-refractivity contribution is 0.112. The second-order valence-electron chi connectivity index (χ2n) is 5.02. The number of thiophene rings is 1. The Morgan fingerprint density at radius 2 is 2.28 bits per heavy atom. The van der Waals surface area contributed by atoms with Crippen molar-refractivity contribution in [2.24, 2.45) is 0 Å². The Kier molecular flexibility index (Phi) is 2.86. The third kappa shape index (κ3) is 1.65. The number of aromatic nitrogens is 1. The second kappa shape index (κ2) is 4.39. The number of rotatable bonds is 2. The molecule has 0 amide bonds. The first-order valence-corrected chi connectivity index (χ1v) is 7.30. The summed E-state index contributed by atoms with van der Waals surface area (Å²) in [5.74, 6) is 0. The number of carbonyl (C=O) groups is 1. The summed E-state index contributed by atoms with van der Waals surface area (Å²) in [4.78, 5) is 12.6. The summed E-state index contributed by atoms with van der Waals surface area (Å²) >= 11 is 1.87. The van der Waals surface area contributed by atoms with Gasteiger partial charge in [0, 0.05) is 21.8 Å². The number of fused-ring (bicyclic) bond motifs is 1. The average molecular weight is 259 g/mol. The Bertz CT molecular complexity index is 594. The highest BCUT2D eigenvalue weighted by Gasteiger charge is 2.25. The fourth-order valence-corrected chi connectivity index (χ4v) is 4.11. The molecule has 3 rings (SSSR count). The normalized spacial score (nSPS) is 18.7. The smallest absolute Gasteiger partial charge is 0.151 e. The zero-order valence-corrected chi connectivity index (χ0v) is 11.6. The van der Waals surface area contributed by atoms with E-state index in [1.165, 1.54) is 35.4 Å². The van der Waals surface area contributed by atoms with Crippen LogP contribution in [0, 0.1) is 13.8 Å². The van der Waals surface area contributed by atoms with E-state index in [0.717, 1.165) is 17.5 Å². The number of aldehydes is 1. The highest BCUT2D eigenvalue weighted by molar-refractivity contribution is 7.10. The summed E-state index contributed by atoms with van der Waals surface area (Å²) < 4.78 is 2.34. The minimum Gasteiger partial charge on any atom is -0.341 e.